The van der Waals surface area contributed by atoms with Gasteiger partial charge in [-0.1, -0.05) is 11.9 Å². The van der Waals surface area contributed by atoms with Gasteiger partial charge in [-0.05, 0) is 42.8 Å². The van der Waals surface area contributed by atoms with Crippen molar-refractivity contribution >= 4 is 35.7 Å². The maximum atomic E-state index is 10.0. The molecule has 0 unspecified atom stereocenters. The molecule has 8 heteroatoms. The van der Waals surface area contributed by atoms with E-state index in [4.69, 9.17) is 9.92 Å². The van der Waals surface area contributed by atoms with Gasteiger partial charge in [-0.25, -0.2) is 4.98 Å². The van der Waals surface area contributed by atoms with Gasteiger partial charge in [0.15, 0.2) is 0 Å². The van der Waals surface area contributed by atoms with E-state index in [1.807, 2.05) is 18.2 Å². The van der Waals surface area contributed by atoms with E-state index in [-0.39, 0.29) is 0 Å². The summed E-state index contributed by atoms with van der Waals surface area (Å²) in [6.07, 6.45) is 7.18. The predicted molar refractivity (Wildman–Crippen MR) is 99.6 cm³/mol. The predicted octanol–water partition coefficient (Wildman–Crippen LogP) is 2.68. The van der Waals surface area contributed by atoms with Crippen molar-refractivity contribution in [3.8, 4) is 11.8 Å². The van der Waals surface area contributed by atoms with Crippen LogP contribution in [0.1, 0.15) is 31.2 Å². The number of fused-ring (bicyclic) bond motifs is 3. The zero-order valence-corrected chi connectivity index (χ0v) is 14.6. The molecule has 0 saturated heterocycles. The van der Waals surface area contributed by atoms with Gasteiger partial charge in [0, 0.05) is 35.4 Å². The molecular formula is C17H19BN4O2S. The van der Waals surface area contributed by atoms with Crippen LogP contribution in [-0.2, 0) is 0 Å². The van der Waals surface area contributed by atoms with E-state index in [0.29, 0.717) is 24.1 Å². The SMILES string of the molecule is N#CCCCSNC1CC(C2=CB(O)Oc3cnc4[nH]ccc4c32)C1. The number of nitriles is 1. The molecule has 6 nitrogen and oxygen atoms in total. The van der Waals surface area contributed by atoms with E-state index in [1.165, 1.54) is 0 Å². The molecule has 2 aromatic heterocycles. The summed E-state index contributed by atoms with van der Waals surface area (Å²) in [6, 6.07) is 4.65. The second-order valence-electron chi connectivity index (χ2n) is 6.46. The Bertz CT molecular complexity index is 841. The molecular weight excluding hydrogens is 335 g/mol. The molecule has 1 saturated carbocycles. The molecule has 0 amide bonds. The molecule has 0 aromatic carbocycles. The third-order valence-corrected chi connectivity index (χ3v) is 5.77. The first kappa shape index (κ1) is 16.5. The van der Waals surface area contributed by atoms with Gasteiger partial charge < -0.3 is 14.7 Å². The molecule has 0 bridgehead atoms. The number of unbranched alkanes of at least 4 members (excludes halogenated alkanes) is 1. The van der Waals surface area contributed by atoms with Crippen LogP contribution in [0.3, 0.4) is 0 Å². The summed E-state index contributed by atoms with van der Waals surface area (Å²) in [5.74, 6) is 3.85. The molecule has 2 aromatic rings. The Balaban J connectivity index is 1.44. The second kappa shape index (κ2) is 7.12. The van der Waals surface area contributed by atoms with E-state index in [9.17, 15) is 5.02 Å². The Morgan fingerprint density at radius 1 is 1.52 bits per heavy atom. The van der Waals surface area contributed by atoms with Crippen molar-refractivity contribution in [2.24, 2.45) is 5.92 Å². The normalized spacial score (nSPS) is 21.9. The Labute approximate surface area is 150 Å². The van der Waals surface area contributed by atoms with E-state index < -0.39 is 7.12 Å². The van der Waals surface area contributed by atoms with Gasteiger partial charge in [-0.3, -0.25) is 4.72 Å². The molecule has 1 aliphatic carbocycles. The molecule has 1 aliphatic heterocycles. The van der Waals surface area contributed by atoms with Gasteiger partial charge in [0.1, 0.15) is 11.4 Å². The third-order valence-electron chi connectivity index (χ3n) is 4.77. The zero-order chi connectivity index (χ0) is 17.2. The smallest absolute Gasteiger partial charge is 0.531 e. The molecule has 3 N–H and O–H groups in total. The number of aromatic amines is 1. The monoisotopic (exact) mass is 354 g/mol. The van der Waals surface area contributed by atoms with Gasteiger partial charge in [0.25, 0.3) is 0 Å². The van der Waals surface area contributed by atoms with Crippen molar-refractivity contribution in [2.45, 2.75) is 31.7 Å². The summed E-state index contributed by atoms with van der Waals surface area (Å²) in [5.41, 5.74) is 3.06. The topological polar surface area (TPSA) is 94.0 Å². The quantitative estimate of drug-likeness (QED) is 0.420. The van der Waals surface area contributed by atoms with Crippen molar-refractivity contribution in [1.29, 1.82) is 5.26 Å². The third kappa shape index (κ3) is 3.27. The Kier molecular flexibility index (Phi) is 4.71. The van der Waals surface area contributed by atoms with E-state index in [2.05, 4.69) is 20.8 Å². The number of pyridine rings is 1. The highest BCUT2D eigenvalue weighted by Gasteiger charge is 2.37. The highest BCUT2D eigenvalue weighted by molar-refractivity contribution is 7.97. The summed E-state index contributed by atoms with van der Waals surface area (Å²) in [6.45, 7) is 0. The number of hydrogen-bond acceptors (Lipinski definition) is 6. The average Bonchev–Trinajstić information content (AvgIpc) is 3.04. The molecule has 0 atom stereocenters. The summed E-state index contributed by atoms with van der Waals surface area (Å²) in [5, 5.41) is 19.6. The van der Waals surface area contributed by atoms with Crippen LogP contribution in [0.4, 0.5) is 0 Å². The number of rotatable bonds is 6. The fraction of sp³-hybridized carbons (Fsp3) is 0.412. The van der Waals surface area contributed by atoms with Crippen molar-refractivity contribution < 1.29 is 9.68 Å². The summed E-state index contributed by atoms with van der Waals surface area (Å²) in [7, 11) is -0.909. The minimum absolute atomic E-state index is 0.412. The number of nitrogens with one attached hydrogen (secondary N) is 2. The lowest BCUT2D eigenvalue weighted by molar-refractivity contribution is 0.315. The first-order valence-corrected chi connectivity index (χ1v) is 9.52. The first-order chi connectivity index (χ1) is 12.3. The van der Waals surface area contributed by atoms with Gasteiger partial charge in [0.2, 0.25) is 0 Å². The largest absolute Gasteiger partial charge is 0.552 e. The first-order valence-electron chi connectivity index (χ1n) is 8.53. The summed E-state index contributed by atoms with van der Waals surface area (Å²) >= 11 is 1.71. The highest BCUT2D eigenvalue weighted by Crippen LogP contribution is 2.46. The van der Waals surface area contributed by atoms with Crippen LogP contribution in [0.25, 0.3) is 16.6 Å². The average molecular weight is 354 g/mol. The number of hydrogen-bond donors (Lipinski definition) is 3. The molecule has 25 heavy (non-hydrogen) atoms. The van der Waals surface area contributed by atoms with Crippen molar-refractivity contribution in [2.75, 3.05) is 5.75 Å². The van der Waals surface area contributed by atoms with Gasteiger partial charge in [-0.2, -0.15) is 5.26 Å². The fourth-order valence-corrected chi connectivity index (χ4v) is 4.32. The summed E-state index contributed by atoms with van der Waals surface area (Å²) in [4.78, 5) is 7.48. The Hall–Kier alpha value is -1.95. The van der Waals surface area contributed by atoms with Gasteiger partial charge in [0.05, 0.1) is 12.3 Å². The van der Waals surface area contributed by atoms with Crippen LogP contribution >= 0.6 is 11.9 Å². The van der Waals surface area contributed by atoms with Crippen molar-refractivity contribution in [3.63, 3.8) is 0 Å². The minimum Gasteiger partial charge on any atom is -0.531 e. The lowest BCUT2D eigenvalue weighted by Gasteiger charge is -2.39. The van der Waals surface area contributed by atoms with Crippen LogP contribution in [-0.4, -0.2) is 33.9 Å². The summed E-state index contributed by atoms with van der Waals surface area (Å²) < 4.78 is 9.03. The van der Waals surface area contributed by atoms with Crippen LogP contribution < -0.4 is 9.38 Å². The van der Waals surface area contributed by atoms with Gasteiger partial charge in [-0.15, -0.1) is 0 Å². The van der Waals surface area contributed by atoms with Crippen LogP contribution in [0.5, 0.6) is 5.75 Å². The lowest BCUT2D eigenvalue weighted by Crippen LogP contribution is -2.39. The fourth-order valence-electron chi connectivity index (χ4n) is 3.49. The molecule has 2 aliphatic rings. The maximum Gasteiger partial charge on any atom is 0.552 e. The number of allylic oxidation sites excluding steroid dienone is 1. The Morgan fingerprint density at radius 2 is 2.40 bits per heavy atom. The van der Waals surface area contributed by atoms with Crippen LogP contribution in [0.2, 0.25) is 0 Å². The molecule has 3 heterocycles. The molecule has 0 radical (unpaired) electrons. The van der Waals surface area contributed by atoms with E-state index >= 15 is 0 Å². The standard InChI is InChI=1S/C17H19BN4O2S/c19-4-1-2-6-25-22-12-7-11(8-12)14-9-18(23)24-15-10-21-17-13(16(14)15)3-5-20-17/h3,5,9-12,22-23H,1-2,6-8H2,(H,20,21). The van der Waals surface area contributed by atoms with Crippen LogP contribution in [0, 0.1) is 17.2 Å². The Morgan fingerprint density at radius 3 is 3.24 bits per heavy atom. The van der Waals surface area contributed by atoms with Gasteiger partial charge >= 0.3 is 7.12 Å². The number of H-pyrrole nitrogens is 1. The number of nitrogens with zero attached hydrogens (tertiary/aromatic N) is 2. The number of aromatic nitrogens is 2. The second-order valence-corrected chi connectivity index (χ2v) is 7.39. The molecule has 128 valence electrons. The molecule has 1 fully saturated rings. The van der Waals surface area contributed by atoms with Crippen molar-refractivity contribution in [1.82, 2.24) is 14.7 Å². The lowest BCUT2D eigenvalue weighted by atomic mass is 9.68. The molecule has 0 spiro atoms. The highest BCUT2D eigenvalue weighted by atomic mass is 32.2. The van der Waals surface area contributed by atoms with Crippen molar-refractivity contribution in [3.05, 3.63) is 30.0 Å². The zero-order valence-electron chi connectivity index (χ0n) is 13.7. The molecule has 4 rings (SSSR count). The van der Waals surface area contributed by atoms with E-state index in [1.54, 1.807) is 18.1 Å². The van der Waals surface area contributed by atoms with E-state index in [0.717, 1.165) is 47.2 Å². The minimum atomic E-state index is -0.909. The van der Waals surface area contributed by atoms with Crippen LogP contribution in [0.15, 0.2) is 24.4 Å². The maximum absolute atomic E-state index is 10.0.